The number of esters is 1. The van der Waals surface area contributed by atoms with Crippen molar-refractivity contribution in [3.63, 3.8) is 0 Å². The average Bonchev–Trinajstić information content (AvgIpc) is 2.65. The van der Waals surface area contributed by atoms with Crippen LogP contribution in [-0.4, -0.2) is 65.1 Å². The van der Waals surface area contributed by atoms with E-state index in [-0.39, 0.29) is 19.8 Å². The minimum atomic E-state index is -2.23. The van der Waals surface area contributed by atoms with Gasteiger partial charge in [0.2, 0.25) is 5.60 Å². The van der Waals surface area contributed by atoms with Crippen LogP contribution < -0.4 is 9.64 Å². The molecule has 0 bridgehead atoms. The number of aliphatic hydroxyl groups is 1. The summed E-state index contributed by atoms with van der Waals surface area (Å²) in [6, 6.07) is 6.86. The smallest absolute Gasteiger partial charge is 0.352 e. The number of carboxylic acid groups (broad SMARTS) is 1. The molecular weight excluding hydrogens is 418 g/mol. The van der Waals surface area contributed by atoms with Gasteiger partial charge in [0.25, 0.3) is 5.91 Å². The number of carbonyl (C=O) groups is 3. The Morgan fingerprint density at radius 2 is 1.81 bits per heavy atom. The van der Waals surface area contributed by atoms with Gasteiger partial charge in [-0.1, -0.05) is 32.9 Å². The molecule has 9 heteroatoms. The third-order valence-corrected chi connectivity index (χ3v) is 5.32. The van der Waals surface area contributed by atoms with Gasteiger partial charge in [-0.15, -0.1) is 0 Å². The Balaban J connectivity index is 2.43. The third kappa shape index (κ3) is 5.39. The molecule has 1 aliphatic rings. The number of benzene rings is 1. The molecule has 9 nitrogen and oxygen atoms in total. The molecule has 2 rings (SSSR count). The van der Waals surface area contributed by atoms with E-state index in [1.807, 2.05) is 0 Å². The number of carbonyl (C=O) groups excluding carboxylic acids is 2. The van der Waals surface area contributed by atoms with Gasteiger partial charge in [-0.2, -0.15) is 0 Å². The second kappa shape index (κ2) is 9.46. The van der Waals surface area contributed by atoms with E-state index in [2.05, 4.69) is 0 Å². The highest BCUT2D eigenvalue weighted by molar-refractivity contribution is 6.03. The quantitative estimate of drug-likeness (QED) is 0.578. The summed E-state index contributed by atoms with van der Waals surface area (Å²) in [7, 11) is 0. The Morgan fingerprint density at radius 1 is 1.19 bits per heavy atom. The summed E-state index contributed by atoms with van der Waals surface area (Å²) >= 11 is 0. The molecular formula is C23H33NO8. The first-order valence-corrected chi connectivity index (χ1v) is 10.5. The van der Waals surface area contributed by atoms with Crippen molar-refractivity contribution in [1.29, 1.82) is 0 Å². The number of hydrogen-bond acceptors (Lipinski definition) is 7. The molecule has 0 unspecified atom stereocenters. The zero-order chi connectivity index (χ0) is 24.3. The Morgan fingerprint density at radius 3 is 2.34 bits per heavy atom. The molecule has 1 aliphatic heterocycles. The molecule has 0 aromatic heterocycles. The van der Waals surface area contributed by atoms with Crippen LogP contribution in [0.1, 0.15) is 48.0 Å². The van der Waals surface area contributed by atoms with Gasteiger partial charge in [-0.3, -0.25) is 9.59 Å². The first-order chi connectivity index (χ1) is 14.7. The van der Waals surface area contributed by atoms with Crippen molar-refractivity contribution in [2.24, 2.45) is 5.41 Å². The lowest BCUT2D eigenvalue weighted by molar-refractivity contribution is -0.218. The molecule has 2 atom stereocenters. The zero-order valence-electron chi connectivity index (χ0n) is 19.5. The summed E-state index contributed by atoms with van der Waals surface area (Å²) < 4.78 is 16.8. The highest BCUT2D eigenvalue weighted by atomic mass is 16.6. The van der Waals surface area contributed by atoms with E-state index in [1.165, 1.54) is 4.90 Å². The number of amides is 1. The number of para-hydroxylation sites is 2. The van der Waals surface area contributed by atoms with Crippen molar-refractivity contribution >= 4 is 23.5 Å². The Kier molecular flexibility index (Phi) is 7.57. The second-order valence-corrected chi connectivity index (χ2v) is 9.50. The van der Waals surface area contributed by atoms with Gasteiger partial charge in [-0.25, -0.2) is 4.79 Å². The van der Waals surface area contributed by atoms with E-state index in [9.17, 15) is 24.6 Å². The minimum Gasteiger partial charge on any atom is -0.491 e. The van der Waals surface area contributed by atoms with Gasteiger partial charge in [-0.05, 0) is 26.0 Å². The predicted molar refractivity (Wildman–Crippen MR) is 117 cm³/mol. The highest BCUT2D eigenvalue weighted by Gasteiger charge is 2.63. The fourth-order valence-corrected chi connectivity index (χ4v) is 3.63. The second-order valence-electron chi connectivity index (χ2n) is 9.50. The van der Waals surface area contributed by atoms with Crippen molar-refractivity contribution < 1.29 is 38.8 Å². The molecule has 178 valence electrons. The first kappa shape index (κ1) is 25.6. The Bertz CT molecular complexity index is 854. The SMILES string of the molecule is CC(=O)O[C@@](C(=O)O)([C@H]1OCCN(c2ccccc2OCCC(C)(C)O)C1=O)C(C)(C)C. The van der Waals surface area contributed by atoms with Gasteiger partial charge in [0.05, 0.1) is 24.5 Å². The van der Waals surface area contributed by atoms with E-state index >= 15 is 0 Å². The summed E-state index contributed by atoms with van der Waals surface area (Å²) in [6.07, 6.45) is -1.18. The fourth-order valence-electron chi connectivity index (χ4n) is 3.63. The zero-order valence-corrected chi connectivity index (χ0v) is 19.5. The molecule has 32 heavy (non-hydrogen) atoms. The summed E-state index contributed by atoms with van der Waals surface area (Å²) in [5, 5.41) is 20.0. The van der Waals surface area contributed by atoms with Crippen LogP contribution in [0.15, 0.2) is 24.3 Å². The maximum absolute atomic E-state index is 13.5. The lowest BCUT2D eigenvalue weighted by Crippen LogP contribution is -2.68. The van der Waals surface area contributed by atoms with Crippen LogP contribution in [0.4, 0.5) is 5.69 Å². The predicted octanol–water partition coefficient (Wildman–Crippen LogP) is 2.39. The summed E-state index contributed by atoms with van der Waals surface area (Å²) in [5.41, 5.74) is -3.85. The van der Waals surface area contributed by atoms with Crippen LogP contribution in [0.25, 0.3) is 0 Å². The summed E-state index contributed by atoms with van der Waals surface area (Å²) in [6.45, 7) is 9.60. The maximum atomic E-state index is 13.5. The molecule has 1 aromatic rings. The van der Waals surface area contributed by atoms with Crippen molar-refractivity contribution in [2.75, 3.05) is 24.7 Å². The Hall–Kier alpha value is -2.65. The number of aliphatic carboxylic acids is 1. The number of morpholine rings is 1. The van der Waals surface area contributed by atoms with E-state index < -0.39 is 40.6 Å². The van der Waals surface area contributed by atoms with Gasteiger partial charge in [0.15, 0.2) is 6.10 Å². The maximum Gasteiger partial charge on any atom is 0.352 e. The highest BCUT2D eigenvalue weighted by Crippen LogP contribution is 2.42. The standard InChI is InChI=1S/C23H33NO8/c1-15(25)32-23(20(27)28,21(2,3)4)18-19(26)24(12-14-31-18)16-9-7-8-10-17(16)30-13-11-22(5,6)29/h7-10,18,29H,11-14H2,1-6H3,(H,27,28)/t18-,23+/m0/s1. The molecule has 0 spiro atoms. The monoisotopic (exact) mass is 451 g/mol. The number of nitrogens with zero attached hydrogens (tertiary/aromatic N) is 1. The molecule has 0 aliphatic carbocycles. The topological polar surface area (TPSA) is 123 Å². The van der Waals surface area contributed by atoms with Crippen molar-refractivity contribution in [1.82, 2.24) is 0 Å². The van der Waals surface area contributed by atoms with Gasteiger partial charge >= 0.3 is 11.9 Å². The van der Waals surface area contributed by atoms with Crippen LogP contribution in [0, 0.1) is 5.41 Å². The minimum absolute atomic E-state index is 0.0424. The number of rotatable bonds is 8. The molecule has 1 amide bonds. The van der Waals surface area contributed by atoms with Crippen molar-refractivity contribution in [3.05, 3.63) is 24.3 Å². The van der Waals surface area contributed by atoms with E-state index in [4.69, 9.17) is 14.2 Å². The number of hydrogen-bond donors (Lipinski definition) is 2. The van der Waals surface area contributed by atoms with E-state index in [1.54, 1.807) is 58.9 Å². The van der Waals surface area contributed by atoms with Crippen LogP contribution in [-0.2, 0) is 23.9 Å². The van der Waals surface area contributed by atoms with E-state index in [0.29, 0.717) is 17.9 Å². The molecule has 2 N–H and O–H groups in total. The van der Waals surface area contributed by atoms with Gasteiger partial charge in [0, 0.05) is 25.3 Å². The number of ether oxygens (including phenoxy) is 3. The molecule has 0 saturated carbocycles. The normalized spacial score (nSPS) is 19.3. The van der Waals surface area contributed by atoms with Gasteiger partial charge in [0.1, 0.15) is 5.75 Å². The molecule has 1 fully saturated rings. The average molecular weight is 452 g/mol. The van der Waals surface area contributed by atoms with Crippen molar-refractivity contribution in [3.8, 4) is 5.75 Å². The molecule has 1 aromatic carbocycles. The van der Waals surface area contributed by atoms with Crippen LogP contribution in [0.5, 0.6) is 5.75 Å². The third-order valence-electron chi connectivity index (χ3n) is 5.32. The van der Waals surface area contributed by atoms with Crippen LogP contribution in [0.2, 0.25) is 0 Å². The molecule has 1 saturated heterocycles. The number of carboxylic acids is 1. The Labute approximate surface area is 188 Å². The van der Waals surface area contributed by atoms with Crippen molar-refractivity contribution in [2.45, 2.75) is 65.3 Å². The molecule has 0 radical (unpaired) electrons. The summed E-state index contributed by atoms with van der Waals surface area (Å²) in [5.74, 6) is -2.52. The number of anilines is 1. The van der Waals surface area contributed by atoms with Crippen LogP contribution >= 0.6 is 0 Å². The van der Waals surface area contributed by atoms with Crippen LogP contribution in [0.3, 0.4) is 0 Å². The first-order valence-electron chi connectivity index (χ1n) is 10.5. The molecule has 1 heterocycles. The fraction of sp³-hybridized carbons (Fsp3) is 0.609. The largest absolute Gasteiger partial charge is 0.491 e. The lowest BCUT2D eigenvalue weighted by Gasteiger charge is -2.46. The lowest BCUT2D eigenvalue weighted by atomic mass is 9.71. The van der Waals surface area contributed by atoms with E-state index in [0.717, 1.165) is 6.92 Å². The van der Waals surface area contributed by atoms with Gasteiger partial charge < -0.3 is 29.3 Å². The summed E-state index contributed by atoms with van der Waals surface area (Å²) in [4.78, 5) is 39.2.